The SMILES string of the molecule is c1ccc(-c2ccc(-c3cccc(-n4c5ccccc5c5c6c7ccccc7n(-c7ccc(-c8cccc9oc%10ccccc%10c89)cc7)c6ccc54)c3)cc2)cc1. The van der Waals surface area contributed by atoms with Gasteiger partial charge in [0.05, 0.1) is 22.1 Å². The van der Waals surface area contributed by atoms with E-state index in [1.807, 2.05) is 12.1 Å². The fourth-order valence-electron chi connectivity index (χ4n) is 9.19. The molecule has 0 bridgehead atoms. The second kappa shape index (κ2) is 12.5. The quantitative estimate of drug-likeness (QED) is 0.173. The van der Waals surface area contributed by atoms with Gasteiger partial charge >= 0.3 is 0 Å². The maximum atomic E-state index is 6.23. The zero-order valence-electron chi connectivity index (χ0n) is 30.9. The van der Waals surface area contributed by atoms with E-state index >= 15 is 0 Å². The maximum absolute atomic E-state index is 6.23. The molecular formula is C54H34N2O. The van der Waals surface area contributed by atoms with Crippen LogP contribution in [0.1, 0.15) is 0 Å². The molecule has 0 N–H and O–H groups in total. The average Bonchev–Trinajstić information content (AvgIpc) is 3.95. The third kappa shape index (κ3) is 4.86. The summed E-state index contributed by atoms with van der Waals surface area (Å²) in [4.78, 5) is 0. The Morgan fingerprint density at radius 1 is 0.281 bits per heavy atom. The molecule has 0 aliphatic rings. The second-order valence-corrected chi connectivity index (χ2v) is 14.9. The Bertz CT molecular complexity index is 3490. The minimum atomic E-state index is 0.910. The van der Waals surface area contributed by atoms with Gasteiger partial charge < -0.3 is 13.6 Å². The van der Waals surface area contributed by atoms with Gasteiger partial charge in [-0.1, -0.05) is 146 Å². The van der Waals surface area contributed by atoms with Crippen molar-refractivity contribution in [2.24, 2.45) is 0 Å². The Morgan fingerprint density at radius 2 is 0.789 bits per heavy atom. The van der Waals surface area contributed by atoms with Gasteiger partial charge in [0.1, 0.15) is 11.2 Å². The summed E-state index contributed by atoms with van der Waals surface area (Å²) in [6, 6.07) is 74.4. The molecule has 0 saturated carbocycles. The molecule has 0 unspecified atom stereocenters. The Morgan fingerprint density at radius 3 is 1.49 bits per heavy atom. The number of para-hydroxylation sites is 3. The van der Waals surface area contributed by atoms with Crippen molar-refractivity contribution in [3.8, 4) is 44.8 Å². The molecular weight excluding hydrogens is 693 g/mol. The smallest absolute Gasteiger partial charge is 0.136 e. The molecule has 12 rings (SSSR count). The largest absolute Gasteiger partial charge is 0.456 e. The van der Waals surface area contributed by atoms with Gasteiger partial charge in [0, 0.05) is 43.7 Å². The van der Waals surface area contributed by atoms with Crippen LogP contribution in [-0.4, -0.2) is 9.13 Å². The molecule has 0 radical (unpaired) electrons. The lowest BCUT2D eigenvalue weighted by atomic mass is 9.99. The molecule has 9 aromatic carbocycles. The number of hydrogen-bond donors (Lipinski definition) is 0. The number of aromatic nitrogens is 2. The summed E-state index contributed by atoms with van der Waals surface area (Å²) in [7, 11) is 0. The average molecular weight is 727 g/mol. The zero-order chi connectivity index (χ0) is 37.5. The minimum Gasteiger partial charge on any atom is -0.456 e. The monoisotopic (exact) mass is 726 g/mol. The van der Waals surface area contributed by atoms with E-state index in [4.69, 9.17) is 4.42 Å². The Hall–Kier alpha value is -7.62. The summed E-state index contributed by atoms with van der Waals surface area (Å²) in [6.07, 6.45) is 0. The Kier molecular flexibility index (Phi) is 6.93. The standard InChI is InChI=1S/C54H34N2O/c1-2-12-35(13-3-1)36-24-26-37(27-25-36)39-14-10-15-41(34-39)56-47-21-8-5-17-44(47)54-49(56)33-32-48-53(54)43-16-4-7-20-46(43)55(48)40-30-28-38(29-31-40)42-19-11-23-51-52(42)45-18-6-9-22-50(45)57-51/h1-34H. The molecule has 0 aliphatic carbocycles. The topological polar surface area (TPSA) is 23.0 Å². The molecule has 3 aromatic heterocycles. The van der Waals surface area contributed by atoms with Gasteiger partial charge in [-0.2, -0.15) is 0 Å². The van der Waals surface area contributed by atoms with E-state index in [-0.39, 0.29) is 0 Å². The Balaban J connectivity index is 1.01. The van der Waals surface area contributed by atoms with Crippen molar-refractivity contribution >= 4 is 65.6 Å². The summed E-state index contributed by atoms with van der Waals surface area (Å²) in [6.45, 7) is 0. The van der Waals surface area contributed by atoms with Crippen molar-refractivity contribution in [2.75, 3.05) is 0 Å². The fourth-order valence-corrected chi connectivity index (χ4v) is 9.19. The summed E-state index contributed by atoms with van der Waals surface area (Å²) in [5, 5.41) is 7.32. The van der Waals surface area contributed by atoms with Crippen LogP contribution >= 0.6 is 0 Å². The maximum Gasteiger partial charge on any atom is 0.136 e. The van der Waals surface area contributed by atoms with Crippen LogP contribution < -0.4 is 0 Å². The molecule has 0 saturated heterocycles. The van der Waals surface area contributed by atoms with Crippen LogP contribution in [0.2, 0.25) is 0 Å². The number of hydrogen-bond acceptors (Lipinski definition) is 1. The number of benzene rings is 9. The first-order chi connectivity index (χ1) is 28.3. The highest BCUT2D eigenvalue weighted by atomic mass is 16.3. The molecule has 266 valence electrons. The summed E-state index contributed by atoms with van der Waals surface area (Å²) in [5.41, 5.74) is 16.0. The molecule has 3 nitrogen and oxygen atoms in total. The molecule has 57 heavy (non-hydrogen) atoms. The van der Waals surface area contributed by atoms with Gasteiger partial charge in [0.2, 0.25) is 0 Å². The highest BCUT2D eigenvalue weighted by Gasteiger charge is 2.21. The van der Waals surface area contributed by atoms with Gasteiger partial charge in [-0.25, -0.2) is 0 Å². The molecule has 3 heterocycles. The van der Waals surface area contributed by atoms with Crippen LogP contribution in [0.15, 0.2) is 211 Å². The highest BCUT2D eigenvalue weighted by Crippen LogP contribution is 2.43. The minimum absolute atomic E-state index is 0.910. The summed E-state index contributed by atoms with van der Waals surface area (Å²) in [5.74, 6) is 0. The molecule has 0 aliphatic heterocycles. The molecule has 0 atom stereocenters. The van der Waals surface area contributed by atoms with E-state index in [9.17, 15) is 0 Å². The van der Waals surface area contributed by atoms with Crippen LogP contribution in [0, 0.1) is 0 Å². The molecule has 3 heteroatoms. The van der Waals surface area contributed by atoms with E-state index in [1.165, 1.54) is 71.4 Å². The predicted molar refractivity (Wildman–Crippen MR) is 239 cm³/mol. The van der Waals surface area contributed by atoms with Gasteiger partial charge in [-0.15, -0.1) is 0 Å². The van der Waals surface area contributed by atoms with Crippen molar-refractivity contribution in [1.29, 1.82) is 0 Å². The van der Waals surface area contributed by atoms with E-state index in [0.29, 0.717) is 0 Å². The lowest BCUT2D eigenvalue weighted by Gasteiger charge is -2.12. The van der Waals surface area contributed by atoms with Crippen molar-refractivity contribution in [2.45, 2.75) is 0 Å². The van der Waals surface area contributed by atoms with Crippen LogP contribution in [0.25, 0.3) is 110 Å². The van der Waals surface area contributed by atoms with E-state index in [2.05, 4.69) is 203 Å². The van der Waals surface area contributed by atoms with Crippen molar-refractivity contribution in [1.82, 2.24) is 9.13 Å². The van der Waals surface area contributed by atoms with Crippen molar-refractivity contribution in [3.05, 3.63) is 206 Å². The molecule has 0 fully saturated rings. The third-order valence-corrected chi connectivity index (χ3v) is 11.7. The molecule has 0 amide bonds. The van der Waals surface area contributed by atoms with Crippen LogP contribution in [0.4, 0.5) is 0 Å². The molecule has 0 spiro atoms. The number of furan rings is 1. The van der Waals surface area contributed by atoms with Crippen LogP contribution in [0.3, 0.4) is 0 Å². The predicted octanol–water partition coefficient (Wildman–Crippen LogP) is 14.8. The highest BCUT2D eigenvalue weighted by molar-refractivity contribution is 6.29. The third-order valence-electron chi connectivity index (χ3n) is 11.7. The van der Waals surface area contributed by atoms with Crippen LogP contribution in [-0.2, 0) is 0 Å². The normalized spacial score (nSPS) is 11.9. The van der Waals surface area contributed by atoms with Crippen molar-refractivity contribution < 1.29 is 4.42 Å². The lowest BCUT2D eigenvalue weighted by Crippen LogP contribution is -1.95. The summed E-state index contributed by atoms with van der Waals surface area (Å²) < 4.78 is 11.1. The van der Waals surface area contributed by atoms with Gasteiger partial charge in [-0.05, 0) is 94.0 Å². The molecule has 12 aromatic rings. The van der Waals surface area contributed by atoms with Crippen LogP contribution in [0.5, 0.6) is 0 Å². The first-order valence-corrected chi connectivity index (χ1v) is 19.5. The van der Waals surface area contributed by atoms with E-state index in [1.54, 1.807) is 0 Å². The van der Waals surface area contributed by atoms with E-state index < -0.39 is 0 Å². The van der Waals surface area contributed by atoms with Gasteiger partial charge in [0.15, 0.2) is 0 Å². The first kappa shape index (κ1) is 31.7. The number of fused-ring (bicyclic) bond motifs is 10. The van der Waals surface area contributed by atoms with Crippen molar-refractivity contribution in [3.63, 3.8) is 0 Å². The fraction of sp³-hybridized carbons (Fsp3) is 0. The Labute approximate surface area is 328 Å². The van der Waals surface area contributed by atoms with E-state index in [0.717, 1.165) is 38.9 Å². The summed E-state index contributed by atoms with van der Waals surface area (Å²) >= 11 is 0. The van der Waals surface area contributed by atoms with Gasteiger partial charge in [-0.3, -0.25) is 0 Å². The first-order valence-electron chi connectivity index (χ1n) is 19.5. The zero-order valence-corrected chi connectivity index (χ0v) is 30.9. The van der Waals surface area contributed by atoms with Gasteiger partial charge in [0.25, 0.3) is 0 Å². The second-order valence-electron chi connectivity index (χ2n) is 14.9. The number of rotatable bonds is 5. The number of nitrogens with zero attached hydrogens (tertiary/aromatic N) is 2. The lowest BCUT2D eigenvalue weighted by molar-refractivity contribution is 0.669.